The van der Waals surface area contributed by atoms with E-state index in [1.54, 1.807) is 7.11 Å². The molecule has 1 aliphatic rings. The predicted molar refractivity (Wildman–Crippen MR) is 77.6 cm³/mol. The van der Waals surface area contributed by atoms with E-state index < -0.39 is 0 Å². The number of nitrogens with one attached hydrogen (secondary N) is 2. The first-order chi connectivity index (χ1) is 9.79. The van der Waals surface area contributed by atoms with Crippen molar-refractivity contribution >= 4 is 11.6 Å². The molecular weight excluding hydrogens is 252 g/mol. The second-order valence-corrected chi connectivity index (χ2v) is 4.70. The summed E-state index contributed by atoms with van der Waals surface area (Å²) in [4.78, 5) is 12.0. The number of fused-ring (bicyclic) bond motifs is 1. The second kappa shape index (κ2) is 5.35. The highest BCUT2D eigenvalue weighted by Gasteiger charge is 2.29. The number of methoxy groups -OCH3 is 1. The molecule has 102 valence electrons. The summed E-state index contributed by atoms with van der Waals surface area (Å²) < 4.78 is 5.32. The number of anilines is 1. The van der Waals surface area contributed by atoms with Crippen LogP contribution in [0.25, 0.3) is 0 Å². The van der Waals surface area contributed by atoms with E-state index in [1.807, 2.05) is 48.5 Å². The molecule has 4 nitrogen and oxygen atoms in total. The second-order valence-electron chi connectivity index (χ2n) is 4.70. The molecule has 2 N–H and O–H groups in total. The van der Waals surface area contributed by atoms with Crippen LogP contribution in [-0.2, 0) is 11.3 Å². The largest absolute Gasteiger partial charge is 0.496 e. The number of hydrogen-bond acceptors (Lipinski definition) is 3. The van der Waals surface area contributed by atoms with Crippen molar-refractivity contribution in [3.63, 3.8) is 0 Å². The Morgan fingerprint density at radius 3 is 2.75 bits per heavy atom. The fourth-order valence-electron chi connectivity index (χ4n) is 2.47. The molecule has 20 heavy (non-hydrogen) atoms. The molecule has 1 aliphatic heterocycles. The number of ether oxygens (including phenoxy) is 1. The van der Waals surface area contributed by atoms with Crippen molar-refractivity contribution in [2.75, 3.05) is 12.4 Å². The predicted octanol–water partition coefficient (Wildman–Crippen LogP) is 2.48. The van der Waals surface area contributed by atoms with Gasteiger partial charge in [-0.15, -0.1) is 0 Å². The Labute approximate surface area is 117 Å². The van der Waals surface area contributed by atoms with Gasteiger partial charge in [-0.3, -0.25) is 10.1 Å². The van der Waals surface area contributed by atoms with E-state index in [2.05, 4.69) is 10.6 Å². The Bertz CT molecular complexity index is 640. The number of carbonyl (C=O) groups is 1. The van der Waals surface area contributed by atoms with Crippen LogP contribution < -0.4 is 15.4 Å². The van der Waals surface area contributed by atoms with Crippen LogP contribution in [-0.4, -0.2) is 13.0 Å². The van der Waals surface area contributed by atoms with Crippen molar-refractivity contribution in [1.82, 2.24) is 5.32 Å². The Morgan fingerprint density at radius 1 is 1.15 bits per heavy atom. The third-order valence-corrected chi connectivity index (χ3v) is 3.48. The minimum Gasteiger partial charge on any atom is -0.496 e. The molecule has 1 heterocycles. The van der Waals surface area contributed by atoms with Crippen LogP contribution in [0.2, 0.25) is 0 Å². The first kappa shape index (κ1) is 12.7. The number of para-hydroxylation sites is 2. The fourth-order valence-corrected chi connectivity index (χ4v) is 2.47. The van der Waals surface area contributed by atoms with Gasteiger partial charge in [-0.1, -0.05) is 36.4 Å². The van der Waals surface area contributed by atoms with Gasteiger partial charge in [0.2, 0.25) is 5.91 Å². The lowest BCUT2D eigenvalue weighted by molar-refractivity contribution is -0.117. The zero-order chi connectivity index (χ0) is 13.9. The van der Waals surface area contributed by atoms with Gasteiger partial charge in [0, 0.05) is 23.4 Å². The van der Waals surface area contributed by atoms with Crippen molar-refractivity contribution in [2.24, 2.45) is 0 Å². The molecule has 1 unspecified atom stereocenters. The summed E-state index contributed by atoms with van der Waals surface area (Å²) in [5.74, 6) is 0.813. The molecule has 0 spiro atoms. The van der Waals surface area contributed by atoms with Crippen molar-refractivity contribution in [2.45, 2.75) is 12.6 Å². The molecule has 1 atom stereocenters. The molecule has 0 saturated carbocycles. The van der Waals surface area contributed by atoms with Gasteiger partial charge in [0.15, 0.2) is 0 Å². The maximum atomic E-state index is 12.0. The van der Waals surface area contributed by atoms with Crippen molar-refractivity contribution < 1.29 is 9.53 Å². The normalized spacial score (nSPS) is 16.6. The van der Waals surface area contributed by atoms with Crippen LogP contribution in [0.3, 0.4) is 0 Å². The number of rotatable bonds is 4. The summed E-state index contributed by atoms with van der Waals surface area (Å²) in [7, 11) is 1.65. The van der Waals surface area contributed by atoms with Crippen molar-refractivity contribution in [1.29, 1.82) is 0 Å². The quantitative estimate of drug-likeness (QED) is 0.895. The molecule has 0 bridgehead atoms. The minimum atomic E-state index is -0.309. The summed E-state index contributed by atoms with van der Waals surface area (Å²) in [6.07, 6.45) is 0. The zero-order valence-corrected chi connectivity index (χ0v) is 11.2. The SMILES string of the molecule is COc1ccccc1CNC1C(=O)Nc2ccccc21. The number of carbonyl (C=O) groups excluding carboxylic acids is 1. The Morgan fingerprint density at radius 2 is 1.90 bits per heavy atom. The van der Waals surface area contributed by atoms with Crippen LogP contribution in [0.5, 0.6) is 5.75 Å². The summed E-state index contributed by atoms with van der Waals surface area (Å²) in [6, 6.07) is 15.2. The standard InChI is InChI=1S/C16H16N2O2/c1-20-14-9-5-2-6-11(14)10-17-15-12-7-3-4-8-13(12)18-16(15)19/h2-9,15,17H,10H2,1H3,(H,18,19). The van der Waals surface area contributed by atoms with Gasteiger partial charge >= 0.3 is 0 Å². The van der Waals surface area contributed by atoms with Gasteiger partial charge in [-0.25, -0.2) is 0 Å². The lowest BCUT2D eigenvalue weighted by Gasteiger charge is -2.13. The molecule has 0 saturated heterocycles. The number of amides is 1. The summed E-state index contributed by atoms with van der Waals surface area (Å²) in [5.41, 5.74) is 2.91. The molecule has 4 heteroatoms. The molecule has 2 aromatic rings. The Hall–Kier alpha value is -2.33. The molecule has 3 rings (SSSR count). The maximum Gasteiger partial charge on any atom is 0.246 e. The van der Waals surface area contributed by atoms with E-state index in [0.717, 1.165) is 22.6 Å². The van der Waals surface area contributed by atoms with Crippen LogP contribution in [0, 0.1) is 0 Å². The van der Waals surface area contributed by atoms with E-state index in [9.17, 15) is 4.79 Å². The maximum absolute atomic E-state index is 12.0. The van der Waals surface area contributed by atoms with Gasteiger partial charge in [0.25, 0.3) is 0 Å². The number of benzene rings is 2. The van der Waals surface area contributed by atoms with Crippen LogP contribution in [0.15, 0.2) is 48.5 Å². The average Bonchev–Trinajstić information content (AvgIpc) is 2.81. The molecule has 2 aromatic carbocycles. The Balaban J connectivity index is 1.77. The third-order valence-electron chi connectivity index (χ3n) is 3.48. The first-order valence-corrected chi connectivity index (χ1v) is 6.54. The monoisotopic (exact) mass is 268 g/mol. The highest BCUT2D eigenvalue weighted by atomic mass is 16.5. The van der Waals surface area contributed by atoms with Crippen LogP contribution in [0.4, 0.5) is 5.69 Å². The first-order valence-electron chi connectivity index (χ1n) is 6.54. The van der Waals surface area contributed by atoms with Gasteiger partial charge < -0.3 is 10.1 Å². The van der Waals surface area contributed by atoms with Gasteiger partial charge in [0.1, 0.15) is 11.8 Å². The van der Waals surface area contributed by atoms with Gasteiger partial charge in [-0.2, -0.15) is 0 Å². The topological polar surface area (TPSA) is 50.4 Å². The Kier molecular flexibility index (Phi) is 3.39. The highest BCUT2D eigenvalue weighted by molar-refractivity contribution is 6.02. The lowest BCUT2D eigenvalue weighted by Crippen LogP contribution is -2.27. The summed E-state index contributed by atoms with van der Waals surface area (Å²) >= 11 is 0. The fraction of sp³-hybridized carbons (Fsp3) is 0.188. The van der Waals surface area contributed by atoms with E-state index >= 15 is 0 Å². The highest BCUT2D eigenvalue weighted by Crippen LogP contribution is 2.30. The van der Waals surface area contributed by atoms with Crippen molar-refractivity contribution in [3.05, 3.63) is 59.7 Å². The number of hydrogen-bond donors (Lipinski definition) is 2. The van der Waals surface area contributed by atoms with Gasteiger partial charge in [-0.05, 0) is 12.1 Å². The van der Waals surface area contributed by atoms with E-state index in [4.69, 9.17) is 4.74 Å². The zero-order valence-electron chi connectivity index (χ0n) is 11.2. The molecule has 1 amide bonds. The van der Waals surface area contributed by atoms with Crippen LogP contribution >= 0.6 is 0 Å². The average molecular weight is 268 g/mol. The van der Waals surface area contributed by atoms with Crippen LogP contribution in [0.1, 0.15) is 17.2 Å². The van der Waals surface area contributed by atoms with Crippen molar-refractivity contribution in [3.8, 4) is 5.75 Å². The van der Waals surface area contributed by atoms with E-state index in [-0.39, 0.29) is 11.9 Å². The molecule has 0 fully saturated rings. The summed E-state index contributed by atoms with van der Waals surface area (Å²) in [5, 5.41) is 6.17. The molecule has 0 aromatic heterocycles. The third kappa shape index (κ3) is 2.26. The lowest BCUT2D eigenvalue weighted by atomic mass is 10.1. The van der Waals surface area contributed by atoms with Gasteiger partial charge in [0.05, 0.1) is 7.11 Å². The van der Waals surface area contributed by atoms with E-state index in [0.29, 0.717) is 6.54 Å². The molecule has 0 aliphatic carbocycles. The smallest absolute Gasteiger partial charge is 0.246 e. The van der Waals surface area contributed by atoms with E-state index in [1.165, 1.54) is 0 Å². The molecular formula is C16H16N2O2. The summed E-state index contributed by atoms with van der Waals surface area (Å²) in [6.45, 7) is 0.580. The molecule has 0 radical (unpaired) electrons. The minimum absolute atomic E-state index is 0.0129.